The van der Waals surface area contributed by atoms with Crippen molar-refractivity contribution in [2.24, 2.45) is 0 Å². The van der Waals surface area contributed by atoms with Crippen molar-refractivity contribution in [3.8, 4) is 5.69 Å². The minimum absolute atomic E-state index is 0.0678. The van der Waals surface area contributed by atoms with Gasteiger partial charge in [-0.1, -0.05) is 29.8 Å². The minimum Gasteiger partial charge on any atom is -0.441 e. The molecule has 3 aromatic heterocycles. The number of nitrogens with zero attached hydrogens (tertiary/aromatic N) is 5. The van der Waals surface area contributed by atoms with Crippen LogP contribution in [0.3, 0.4) is 0 Å². The number of carbonyl (C=O) groups is 1. The molecule has 0 unspecified atom stereocenters. The highest BCUT2D eigenvalue weighted by Gasteiger charge is 2.24. The summed E-state index contributed by atoms with van der Waals surface area (Å²) in [7, 11) is 0. The van der Waals surface area contributed by atoms with Crippen LogP contribution < -0.4 is 22.0 Å². The fraction of sp³-hybridized carbons (Fsp3) is 0.212. The Balaban J connectivity index is 1.52. The molecule has 2 bridgehead atoms. The van der Waals surface area contributed by atoms with Crippen molar-refractivity contribution in [2.45, 2.75) is 45.7 Å². The van der Waals surface area contributed by atoms with Crippen molar-refractivity contribution in [3.05, 3.63) is 115 Å². The normalized spacial score (nSPS) is 13.7. The van der Waals surface area contributed by atoms with Crippen LogP contribution >= 0.6 is 11.6 Å². The number of oxazole rings is 1. The van der Waals surface area contributed by atoms with Crippen LogP contribution in [0.4, 0.5) is 24.8 Å². The summed E-state index contributed by atoms with van der Waals surface area (Å²) in [6.45, 7) is 1.23. The van der Waals surface area contributed by atoms with Crippen LogP contribution in [0, 0.1) is 24.4 Å². The number of rotatable bonds is 2. The zero-order valence-corrected chi connectivity index (χ0v) is 26.0. The largest absolute Gasteiger partial charge is 0.441 e. The number of aryl methyl sites for hydroxylation is 2. The van der Waals surface area contributed by atoms with E-state index >= 15 is 0 Å². The van der Waals surface area contributed by atoms with E-state index in [1.807, 2.05) is 0 Å². The zero-order valence-electron chi connectivity index (χ0n) is 25.2. The molecular formula is C33H25ClF3N7O4. The Morgan fingerprint density at radius 2 is 1.77 bits per heavy atom. The summed E-state index contributed by atoms with van der Waals surface area (Å²) in [5.74, 6) is -4.71. The molecule has 0 saturated heterocycles. The summed E-state index contributed by atoms with van der Waals surface area (Å²) < 4.78 is 50.2. The Labute approximate surface area is 274 Å². The Morgan fingerprint density at radius 3 is 2.56 bits per heavy atom. The van der Waals surface area contributed by atoms with Gasteiger partial charge in [0.2, 0.25) is 11.9 Å². The van der Waals surface area contributed by atoms with Crippen LogP contribution in [0.5, 0.6) is 0 Å². The highest BCUT2D eigenvalue weighted by atomic mass is 35.5. The maximum absolute atomic E-state index is 14.4. The van der Waals surface area contributed by atoms with Crippen LogP contribution in [-0.4, -0.2) is 30.0 Å². The molecule has 2 N–H and O–H groups in total. The van der Waals surface area contributed by atoms with Gasteiger partial charge in [-0.3, -0.25) is 14.3 Å². The van der Waals surface area contributed by atoms with E-state index in [0.29, 0.717) is 58.2 Å². The van der Waals surface area contributed by atoms with Gasteiger partial charge in [0.15, 0.2) is 28.9 Å². The predicted octanol–water partition coefficient (Wildman–Crippen LogP) is 5.60. The summed E-state index contributed by atoms with van der Waals surface area (Å²) >= 11 is 6.75. The summed E-state index contributed by atoms with van der Waals surface area (Å²) in [5, 5.41) is 7.11. The van der Waals surface area contributed by atoms with Crippen LogP contribution in [0.25, 0.3) is 27.6 Å². The number of pyridine rings is 1. The fourth-order valence-corrected chi connectivity index (χ4v) is 6.26. The van der Waals surface area contributed by atoms with Gasteiger partial charge in [0.1, 0.15) is 5.52 Å². The predicted molar refractivity (Wildman–Crippen MR) is 171 cm³/mol. The Kier molecular flexibility index (Phi) is 7.95. The van der Waals surface area contributed by atoms with Crippen molar-refractivity contribution >= 4 is 51.0 Å². The van der Waals surface area contributed by atoms with Gasteiger partial charge in [-0.25, -0.2) is 32.3 Å². The lowest BCUT2D eigenvalue weighted by atomic mass is 10.0. The molecule has 5 heterocycles. The Hall–Kier alpha value is -5.50. The molecule has 1 amide bonds. The number of anilines is 2. The first-order chi connectivity index (χ1) is 23.1. The highest BCUT2D eigenvalue weighted by Crippen LogP contribution is 2.37. The Morgan fingerprint density at radius 1 is 1.00 bits per heavy atom. The van der Waals surface area contributed by atoms with E-state index in [1.165, 1.54) is 6.20 Å². The second-order valence-electron chi connectivity index (χ2n) is 11.4. The number of carbonyl (C=O) groups excluding carboxylic acids is 1. The molecule has 0 aliphatic carbocycles. The molecule has 2 aliphatic heterocycles. The third kappa shape index (κ3) is 5.57. The van der Waals surface area contributed by atoms with Crippen molar-refractivity contribution in [3.63, 3.8) is 0 Å². The van der Waals surface area contributed by atoms with E-state index in [4.69, 9.17) is 16.0 Å². The third-order valence-corrected chi connectivity index (χ3v) is 8.48. The topological polar surface area (TPSA) is 137 Å². The van der Waals surface area contributed by atoms with E-state index in [2.05, 4.69) is 25.6 Å². The lowest BCUT2D eigenvalue weighted by Crippen LogP contribution is -2.42. The monoisotopic (exact) mass is 675 g/mol. The molecule has 244 valence electrons. The third-order valence-electron chi connectivity index (χ3n) is 8.18. The SMILES string of the molecule is Cc1nc2cc(Cl)c3c(c2o1)CCCCC(=O)NCc1cccc2cncc(c12)-n1c(=O)nc(n(Cc2cc(F)c(F)c(F)c2)c1=O)N3. The first kappa shape index (κ1) is 31.1. The lowest BCUT2D eigenvalue weighted by molar-refractivity contribution is -0.121. The quantitative estimate of drug-likeness (QED) is 0.227. The molecule has 0 spiro atoms. The first-order valence-electron chi connectivity index (χ1n) is 14.9. The average molecular weight is 676 g/mol. The van der Waals surface area contributed by atoms with Crippen LogP contribution in [0.15, 0.2) is 62.8 Å². The molecule has 15 heteroatoms. The molecule has 0 saturated carbocycles. The van der Waals surface area contributed by atoms with Crippen molar-refractivity contribution < 1.29 is 22.4 Å². The number of fused-ring (bicyclic) bond motifs is 9. The van der Waals surface area contributed by atoms with Crippen LogP contribution in [0.2, 0.25) is 5.02 Å². The van der Waals surface area contributed by atoms with Gasteiger partial charge in [0, 0.05) is 42.4 Å². The van der Waals surface area contributed by atoms with Crippen molar-refractivity contribution in [1.29, 1.82) is 0 Å². The number of hydrogen-bond donors (Lipinski definition) is 2. The summed E-state index contributed by atoms with van der Waals surface area (Å²) in [5.41, 5.74) is 0.270. The first-order valence-corrected chi connectivity index (χ1v) is 15.3. The molecule has 0 radical (unpaired) electrons. The molecule has 48 heavy (non-hydrogen) atoms. The van der Waals surface area contributed by atoms with Gasteiger partial charge in [0.05, 0.1) is 29.1 Å². The van der Waals surface area contributed by atoms with Crippen molar-refractivity contribution in [1.82, 2.24) is 29.4 Å². The number of nitrogens with one attached hydrogen (secondary N) is 2. The van der Waals surface area contributed by atoms with Gasteiger partial charge < -0.3 is 15.1 Å². The Bertz CT molecular complexity index is 2380. The number of hydrogen-bond acceptors (Lipinski definition) is 8. The van der Waals surface area contributed by atoms with E-state index in [-0.39, 0.29) is 46.8 Å². The summed E-state index contributed by atoms with van der Waals surface area (Å²) in [6.07, 6.45) is 4.49. The molecule has 11 nitrogen and oxygen atoms in total. The van der Waals surface area contributed by atoms with E-state index in [0.717, 1.165) is 21.3 Å². The molecule has 0 fully saturated rings. The molecular weight excluding hydrogens is 651 g/mol. The van der Waals surface area contributed by atoms with Gasteiger partial charge in [-0.15, -0.1) is 0 Å². The standard InChI is InChI=1S/C33H25ClF3N7O4/c1-16-40-24-11-21(34)29-20(30(24)48-16)7-2-3-8-26(45)39-13-19-6-4-5-18-12-38-14-25(27(18)19)44-32(46)42-31(41-29)43(33(44)47)15-17-9-22(35)28(37)23(36)10-17/h4-6,9-12,14H,2-3,7-8,13,15H2,1H3,(H,39,45)(H,41,42,46). The number of benzene rings is 3. The maximum Gasteiger partial charge on any atom is 0.359 e. The second kappa shape index (κ2) is 12.3. The summed E-state index contributed by atoms with van der Waals surface area (Å²) in [4.78, 5) is 53.9. The second-order valence-corrected chi connectivity index (χ2v) is 11.8. The van der Waals surface area contributed by atoms with Crippen LogP contribution in [-0.2, 0) is 24.3 Å². The highest BCUT2D eigenvalue weighted by molar-refractivity contribution is 6.34. The number of aromatic nitrogens is 5. The van der Waals surface area contributed by atoms with Gasteiger partial charge >= 0.3 is 11.4 Å². The van der Waals surface area contributed by atoms with Crippen molar-refractivity contribution in [2.75, 3.05) is 5.32 Å². The lowest BCUT2D eigenvalue weighted by Gasteiger charge is -2.19. The van der Waals surface area contributed by atoms with E-state index < -0.39 is 35.4 Å². The number of amides is 1. The molecule has 2 aliphatic rings. The van der Waals surface area contributed by atoms with Gasteiger partial charge in [-0.2, -0.15) is 4.98 Å². The van der Waals surface area contributed by atoms with Gasteiger partial charge in [-0.05, 0) is 48.6 Å². The zero-order chi connectivity index (χ0) is 33.7. The smallest absolute Gasteiger partial charge is 0.359 e. The minimum atomic E-state index is -1.67. The van der Waals surface area contributed by atoms with Gasteiger partial charge in [0.25, 0.3) is 0 Å². The van der Waals surface area contributed by atoms with Crippen LogP contribution in [0.1, 0.15) is 41.8 Å². The van der Waals surface area contributed by atoms with E-state index in [9.17, 15) is 27.6 Å². The molecule has 0 atom stereocenters. The van der Waals surface area contributed by atoms with E-state index in [1.54, 1.807) is 37.4 Å². The molecule has 8 rings (SSSR count). The maximum atomic E-state index is 14.4. The molecule has 6 aromatic rings. The fourth-order valence-electron chi connectivity index (χ4n) is 5.99. The average Bonchev–Trinajstić information content (AvgIpc) is 3.42. The summed E-state index contributed by atoms with van der Waals surface area (Å²) in [6, 6.07) is 8.30. The number of halogens is 4. The molecule has 3 aromatic carbocycles.